The van der Waals surface area contributed by atoms with Crippen molar-refractivity contribution in [2.75, 3.05) is 7.11 Å². The molecule has 1 heterocycles. The van der Waals surface area contributed by atoms with Crippen LogP contribution in [0.3, 0.4) is 0 Å². The van der Waals surface area contributed by atoms with Crippen LogP contribution in [0.5, 0.6) is 5.75 Å². The Morgan fingerprint density at radius 2 is 1.77 bits per heavy atom. The Labute approximate surface area is 153 Å². The quantitative estimate of drug-likeness (QED) is 0.590. The van der Waals surface area contributed by atoms with Gasteiger partial charge in [0.05, 0.1) is 7.11 Å². The van der Waals surface area contributed by atoms with Crippen molar-refractivity contribution >= 4 is 16.9 Å². The van der Waals surface area contributed by atoms with Crippen molar-refractivity contribution in [3.63, 3.8) is 0 Å². The van der Waals surface area contributed by atoms with Gasteiger partial charge < -0.3 is 13.9 Å². The number of carbonyl (C=O) groups excluding carboxylic acids is 1. The van der Waals surface area contributed by atoms with E-state index in [0.717, 1.165) is 22.3 Å². The molecule has 3 aromatic rings. The van der Waals surface area contributed by atoms with Gasteiger partial charge in [-0.25, -0.2) is 4.79 Å². The number of carbonyl (C=O) groups is 1. The minimum Gasteiger partial charge on any atom is -0.497 e. The lowest BCUT2D eigenvalue weighted by molar-refractivity contribution is 0.0437. The molecule has 0 saturated heterocycles. The molecule has 0 amide bonds. The van der Waals surface area contributed by atoms with E-state index >= 15 is 0 Å². The zero-order valence-electron chi connectivity index (χ0n) is 15.9. The highest BCUT2D eigenvalue weighted by Crippen LogP contribution is 2.29. The van der Waals surface area contributed by atoms with Crippen LogP contribution in [-0.2, 0) is 16.8 Å². The Balaban J connectivity index is 1.74. The molecule has 0 aliphatic rings. The van der Waals surface area contributed by atoms with Crippen molar-refractivity contribution in [1.29, 1.82) is 0 Å². The third-order valence-corrected chi connectivity index (χ3v) is 4.52. The zero-order chi connectivity index (χ0) is 18.9. The van der Waals surface area contributed by atoms with Crippen LogP contribution in [-0.4, -0.2) is 13.1 Å². The summed E-state index contributed by atoms with van der Waals surface area (Å²) in [4.78, 5) is 12.4. The van der Waals surface area contributed by atoms with E-state index in [-0.39, 0.29) is 17.8 Å². The van der Waals surface area contributed by atoms with Crippen molar-refractivity contribution in [3.8, 4) is 5.75 Å². The number of benzene rings is 2. The van der Waals surface area contributed by atoms with Crippen molar-refractivity contribution in [1.82, 2.24) is 0 Å². The molecule has 1 aromatic heterocycles. The SMILES string of the molecule is COc1ccc2oc(C(=O)OCc3ccc(C(C)(C)C)cc3)c(C)c2c1. The molecule has 2 aromatic carbocycles. The Bertz CT molecular complexity index is 927. The van der Waals surface area contributed by atoms with Crippen molar-refractivity contribution in [3.05, 3.63) is 64.9 Å². The van der Waals surface area contributed by atoms with Gasteiger partial charge in [0.25, 0.3) is 0 Å². The fraction of sp³-hybridized carbons (Fsp3) is 0.318. The second kappa shape index (κ2) is 6.87. The van der Waals surface area contributed by atoms with E-state index in [1.807, 2.05) is 25.1 Å². The van der Waals surface area contributed by atoms with Gasteiger partial charge in [-0.3, -0.25) is 0 Å². The van der Waals surface area contributed by atoms with E-state index in [2.05, 4.69) is 32.9 Å². The lowest BCUT2D eigenvalue weighted by atomic mass is 9.87. The summed E-state index contributed by atoms with van der Waals surface area (Å²) in [5.74, 6) is 0.498. The number of ether oxygens (including phenoxy) is 2. The highest BCUT2D eigenvalue weighted by atomic mass is 16.5. The zero-order valence-corrected chi connectivity index (χ0v) is 15.9. The fourth-order valence-electron chi connectivity index (χ4n) is 2.84. The molecule has 0 bridgehead atoms. The predicted molar refractivity (Wildman–Crippen MR) is 102 cm³/mol. The molecule has 136 valence electrons. The first-order valence-electron chi connectivity index (χ1n) is 8.63. The lowest BCUT2D eigenvalue weighted by Gasteiger charge is -2.19. The van der Waals surface area contributed by atoms with Crippen molar-refractivity contribution < 1.29 is 18.7 Å². The van der Waals surface area contributed by atoms with Crippen LogP contribution in [0.2, 0.25) is 0 Å². The Morgan fingerprint density at radius 1 is 1.08 bits per heavy atom. The predicted octanol–water partition coefficient (Wildman–Crippen LogP) is 5.40. The average molecular weight is 352 g/mol. The van der Waals surface area contributed by atoms with Crippen LogP contribution in [0.1, 0.15) is 48.0 Å². The molecule has 0 atom stereocenters. The topological polar surface area (TPSA) is 48.7 Å². The number of hydrogen-bond acceptors (Lipinski definition) is 4. The molecule has 0 spiro atoms. The molecule has 26 heavy (non-hydrogen) atoms. The van der Waals surface area contributed by atoms with Gasteiger partial charge in [0.2, 0.25) is 5.76 Å². The molecule has 4 heteroatoms. The number of fused-ring (bicyclic) bond motifs is 1. The summed E-state index contributed by atoms with van der Waals surface area (Å²) in [7, 11) is 1.61. The van der Waals surface area contributed by atoms with Crippen molar-refractivity contribution in [2.45, 2.75) is 39.7 Å². The van der Waals surface area contributed by atoms with Crippen LogP contribution in [0, 0.1) is 6.92 Å². The number of aryl methyl sites for hydroxylation is 1. The molecule has 0 unspecified atom stereocenters. The Morgan fingerprint density at radius 3 is 2.38 bits per heavy atom. The standard InChI is InChI=1S/C22H24O4/c1-14-18-12-17(24-5)10-11-19(18)26-20(14)21(23)25-13-15-6-8-16(9-7-15)22(2,3)4/h6-12H,13H2,1-5H3. The highest BCUT2D eigenvalue weighted by molar-refractivity contribution is 5.96. The molecule has 0 aliphatic carbocycles. The Hall–Kier alpha value is -2.75. The maximum atomic E-state index is 12.4. The molecule has 0 saturated carbocycles. The third kappa shape index (κ3) is 3.59. The van der Waals surface area contributed by atoms with Gasteiger partial charge in [-0.15, -0.1) is 0 Å². The minimum atomic E-state index is -0.461. The fourth-order valence-corrected chi connectivity index (χ4v) is 2.84. The molecular weight excluding hydrogens is 328 g/mol. The maximum absolute atomic E-state index is 12.4. The highest BCUT2D eigenvalue weighted by Gasteiger charge is 2.20. The number of hydrogen-bond donors (Lipinski definition) is 0. The van der Waals surface area contributed by atoms with E-state index in [4.69, 9.17) is 13.9 Å². The molecule has 4 nitrogen and oxygen atoms in total. The van der Waals surface area contributed by atoms with E-state index < -0.39 is 5.97 Å². The van der Waals surface area contributed by atoms with E-state index in [1.165, 1.54) is 5.56 Å². The Kier molecular flexibility index (Phi) is 4.77. The maximum Gasteiger partial charge on any atom is 0.374 e. The van der Waals surface area contributed by atoms with Gasteiger partial charge in [-0.2, -0.15) is 0 Å². The largest absolute Gasteiger partial charge is 0.497 e. The first-order chi connectivity index (χ1) is 12.3. The minimum absolute atomic E-state index is 0.0989. The van der Waals surface area contributed by atoms with Crippen LogP contribution in [0.15, 0.2) is 46.9 Å². The van der Waals surface area contributed by atoms with Gasteiger partial charge in [-0.05, 0) is 41.7 Å². The van der Waals surface area contributed by atoms with Crippen LogP contribution < -0.4 is 4.74 Å². The number of methoxy groups -OCH3 is 1. The van der Waals surface area contributed by atoms with Crippen LogP contribution in [0.4, 0.5) is 0 Å². The molecule has 0 fully saturated rings. The number of furan rings is 1. The smallest absolute Gasteiger partial charge is 0.374 e. The van der Waals surface area contributed by atoms with Crippen molar-refractivity contribution in [2.24, 2.45) is 0 Å². The molecule has 0 radical (unpaired) electrons. The van der Waals surface area contributed by atoms with Gasteiger partial charge in [-0.1, -0.05) is 45.0 Å². The summed E-state index contributed by atoms with van der Waals surface area (Å²) in [5.41, 5.74) is 3.69. The second-order valence-electron chi connectivity index (χ2n) is 7.44. The number of rotatable bonds is 4. The van der Waals surface area contributed by atoms with Gasteiger partial charge in [0.1, 0.15) is 17.9 Å². The summed E-state index contributed by atoms with van der Waals surface area (Å²) in [5, 5.41) is 0.853. The van der Waals surface area contributed by atoms with Crippen LogP contribution in [0.25, 0.3) is 11.0 Å². The monoisotopic (exact) mass is 352 g/mol. The third-order valence-electron chi connectivity index (χ3n) is 4.52. The summed E-state index contributed by atoms with van der Waals surface area (Å²) < 4.78 is 16.4. The lowest BCUT2D eigenvalue weighted by Crippen LogP contribution is -2.11. The van der Waals surface area contributed by atoms with Gasteiger partial charge in [0, 0.05) is 10.9 Å². The molecule has 0 N–H and O–H groups in total. The van der Waals surface area contributed by atoms with Gasteiger partial charge in [0.15, 0.2) is 0 Å². The van der Waals surface area contributed by atoms with E-state index in [1.54, 1.807) is 19.2 Å². The average Bonchev–Trinajstić information content (AvgIpc) is 2.95. The summed E-state index contributed by atoms with van der Waals surface area (Å²) in [6.07, 6.45) is 0. The first kappa shape index (κ1) is 18.1. The first-order valence-corrected chi connectivity index (χ1v) is 8.63. The molecule has 3 rings (SSSR count). The summed E-state index contributed by atoms with van der Waals surface area (Å²) in [6.45, 7) is 8.56. The normalized spacial score (nSPS) is 11.6. The summed E-state index contributed by atoms with van der Waals surface area (Å²) in [6, 6.07) is 13.6. The second-order valence-corrected chi connectivity index (χ2v) is 7.44. The van der Waals surface area contributed by atoms with E-state index in [9.17, 15) is 4.79 Å². The molecular formula is C22H24O4. The van der Waals surface area contributed by atoms with Crippen LogP contribution >= 0.6 is 0 Å². The summed E-state index contributed by atoms with van der Waals surface area (Å²) >= 11 is 0. The molecule has 0 aliphatic heterocycles. The number of esters is 1. The van der Waals surface area contributed by atoms with Gasteiger partial charge >= 0.3 is 5.97 Å². The van der Waals surface area contributed by atoms with E-state index in [0.29, 0.717) is 5.58 Å².